The summed E-state index contributed by atoms with van der Waals surface area (Å²) in [5.74, 6) is -1.24. The maximum absolute atomic E-state index is 12.0. The normalized spacial score (nSPS) is 39.6. The van der Waals surface area contributed by atoms with Gasteiger partial charge in [0.2, 0.25) is 5.91 Å². The highest BCUT2D eigenvalue weighted by molar-refractivity contribution is 5.73. The van der Waals surface area contributed by atoms with Gasteiger partial charge < -0.3 is 69.5 Å². The van der Waals surface area contributed by atoms with Gasteiger partial charge in [0.15, 0.2) is 18.9 Å². The van der Waals surface area contributed by atoms with Gasteiger partial charge >= 0.3 is 5.97 Å². The third-order valence-corrected chi connectivity index (χ3v) is 8.03. The van der Waals surface area contributed by atoms with Crippen LogP contribution in [0.4, 0.5) is 0 Å². The fourth-order valence-electron chi connectivity index (χ4n) is 5.45. The zero-order valence-electron chi connectivity index (χ0n) is 25.2. The van der Waals surface area contributed by atoms with E-state index >= 15 is 0 Å². The maximum atomic E-state index is 12.0. The Balaban J connectivity index is 1.58. The molecule has 0 saturated carbocycles. The first-order valence-electron chi connectivity index (χ1n) is 15.3. The number of hydrogen-bond acceptors (Lipinski definition) is 14. The van der Waals surface area contributed by atoms with E-state index in [9.17, 15) is 40.2 Å². The lowest BCUT2D eigenvalue weighted by Gasteiger charge is -2.46. The zero-order valence-corrected chi connectivity index (χ0v) is 25.2. The van der Waals surface area contributed by atoms with Crippen LogP contribution in [-0.2, 0) is 38.0 Å². The van der Waals surface area contributed by atoms with Crippen LogP contribution >= 0.6 is 0 Å². The number of carbonyl (C=O) groups is 2. The number of carbonyl (C=O) groups excluding carboxylic acids is 1. The van der Waals surface area contributed by atoms with E-state index in [-0.39, 0.29) is 19.4 Å². The lowest BCUT2D eigenvalue weighted by molar-refractivity contribution is -0.361. The molecule has 0 aromatic rings. The quantitative estimate of drug-likeness (QED) is 0.0861. The molecule has 3 aliphatic rings. The highest BCUT2D eigenvalue weighted by Gasteiger charge is 2.49. The number of carboxylic acid groups (broad SMARTS) is 1. The molecule has 16 nitrogen and oxygen atoms in total. The number of unbranched alkanes of at least 4 members (excludes halogenated alkanes) is 5. The van der Waals surface area contributed by atoms with E-state index in [1.54, 1.807) is 0 Å². The number of aliphatic hydroxyl groups is 6. The fraction of sp³-hybridized carbons (Fsp3) is 0.929. The molecule has 8 N–H and O–H groups in total. The van der Waals surface area contributed by atoms with Crippen LogP contribution in [0, 0.1) is 0 Å². The number of hydrogen-bond donors (Lipinski definition) is 8. The monoisotopic (exact) mass is 639 g/mol. The highest BCUT2D eigenvalue weighted by atomic mass is 16.8. The molecule has 3 heterocycles. The molecule has 0 bridgehead atoms. The molecule has 0 aliphatic carbocycles. The number of ether oxygens (including phenoxy) is 6. The Morgan fingerprint density at radius 3 is 2.14 bits per heavy atom. The van der Waals surface area contributed by atoms with Crippen LogP contribution in [0.15, 0.2) is 0 Å². The van der Waals surface area contributed by atoms with Crippen molar-refractivity contribution < 1.29 is 73.8 Å². The van der Waals surface area contributed by atoms with Crippen molar-refractivity contribution in [3.63, 3.8) is 0 Å². The SMILES string of the molecule is CC(=O)N[C@H]1[C@H](OCCCCCCCCC(=O)O)OC[C@@H](O[C@@H]2O[C@H](CO)[C@H](O)C[C@H]2O[C@@H]2O[C@@H](C)[C@@H](O)[C@@H](O)[C@@H]2O)[C@@H]1O. The predicted octanol–water partition coefficient (Wildman–Crippen LogP) is -1.89. The summed E-state index contributed by atoms with van der Waals surface area (Å²) in [5.41, 5.74) is 0. The Kier molecular flexibility index (Phi) is 15.1. The van der Waals surface area contributed by atoms with Crippen LogP contribution in [0.5, 0.6) is 0 Å². The molecule has 3 aliphatic heterocycles. The van der Waals surface area contributed by atoms with Crippen molar-refractivity contribution >= 4 is 11.9 Å². The number of amides is 1. The van der Waals surface area contributed by atoms with Crippen molar-refractivity contribution in [2.24, 2.45) is 0 Å². The summed E-state index contributed by atoms with van der Waals surface area (Å²) in [6.45, 7) is 2.35. The van der Waals surface area contributed by atoms with Crippen molar-refractivity contribution in [3.8, 4) is 0 Å². The molecule has 13 atom stereocenters. The summed E-state index contributed by atoms with van der Waals surface area (Å²) in [5, 5.41) is 73.2. The number of aliphatic carboxylic acids is 1. The van der Waals surface area contributed by atoms with Gasteiger partial charge in [-0.1, -0.05) is 25.7 Å². The van der Waals surface area contributed by atoms with Crippen LogP contribution in [0.2, 0.25) is 0 Å². The Morgan fingerprint density at radius 1 is 0.818 bits per heavy atom. The molecule has 0 aromatic carbocycles. The molecule has 256 valence electrons. The Morgan fingerprint density at radius 2 is 1.48 bits per heavy atom. The molecule has 0 aromatic heterocycles. The molecule has 16 heteroatoms. The van der Waals surface area contributed by atoms with E-state index in [4.69, 9.17) is 33.5 Å². The van der Waals surface area contributed by atoms with E-state index in [1.807, 2.05) is 0 Å². The Hall–Kier alpha value is -1.54. The minimum Gasteiger partial charge on any atom is -0.481 e. The Labute approximate surface area is 256 Å². The average Bonchev–Trinajstić information content (AvgIpc) is 2.97. The predicted molar refractivity (Wildman–Crippen MR) is 148 cm³/mol. The van der Waals surface area contributed by atoms with Crippen LogP contribution in [-0.4, -0.2) is 147 Å². The molecule has 0 unspecified atom stereocenters. The van der Waals surface area contributed by atoms with Gasteiger partial charge in [0.1, 0.15) is 48.8 Å². The third-order valence-electron chi connectivity index (χ3n) is 8.03. The first-order chi connectivity index (χ1) is 20.9. The number of aliphatic hydroxyl groups excluding tert-OH is 6. The average molecular weight is 640 g/mol. The van der Waals surface area contributed by atoms with Crippen LogP contribution < -0.4 is 5.32 Å². The number of carboxylic acids is 1. The zero-order chi connectivity index (χ0) is 32.4. The van der Waals surface area contributed by atoms with E-state index in [0.717, 1.165) is 25.7 Å². The largest absolute Gasteiger partial charge is 0.481 e. The number of rotatable bonds is 16. The summed E-state index contributed by atoms with van der Waals surface area (Å²) >= 11 is 0. The number of nitrogens with one attached hydrogen (secondary N) is 1. The van der Waals surface area contributed by atoms with Gasteiger partial charge in [0.25, 0.3) is 0 Å². The van der Waals surface area contributed by atoms with Gasteiger partial charge in [-0.15, -0.1) is 0 Å². The second-order valence-electron chi connectivity index (χ2n) is 11.6. The summed E-state index contributed by atoms with van der Waals surface area (Å²) < 4.78 is 34.8. The molecular formula is C28H49NO15. The Bertz CT molecular complexity index is 882. The molecule has 3 rings (SSSR count). The first-order valence-corrected chi connectivity index (χ1v) is 15.3. The van der Waals surface area contributed by atoms with Crippen LogP contribution in [0.1, 0.15) is 65.2 Å². The minimum atomic E-state index is -1.63. The van der Waals surface area contributed by atoms with Crippen molar-refractivity contribution in [1.29, 1.82) is 0 Å². The fourth-order valence-corrected chi connectivity index (χ4v) is 5.45. The first kappa shape index (κ1) is 36.9. The minimum absolute atomic E-state index is 0.125. The molecule has 1 amide bonds. The molecule has 44 heavy (non-hydrogen) atoms. The molecule has 0 spiro atoms. The van der Waals surface area contributed by atoms with E-state index in [1.165, 1.54) is 13.8 Å². The second-order valence-corrected chi connectivity index (χ2v) is 11.6. The van der Waals surface area contributed by atoms with Crippen molar-refractivity contribution in [2.75, 3.05) is 19.8 Å². The smallest absolute Gasteiger partial charge is 0.303 e. The molecular weight excluding hydrogens is 590 g/mol. The topological polar surface area (TPSA) is 243 Å². The van der Waals surface area contributed by atoms with Gasteiger partial charge in [-0.05, 0) is 19.8 Å². The summed E-state index contributed by atoms with van der Waals surface area (Å²) in [7, 11) is 0. The lowest BCUT2D eigenvalue weighted by Crippen LogP contribution is -2.64. The summed E-state index contributed by atoms with van der Waals surface area (Å²) in [6, 6.07) is -1.01. The second kappa shape index (κ2) is 18.0. The van der Waals surface area contributed by atoms with E-state index < -0.39 is 98.3 Å². The van der Waals surface area contributed by atoms with Gasteiger partial charge in [-0.2, -0.15) is 0 Å². The van der Waals surface area contributed by atoms with Crippen molar-refractivity contribution in [3.05, 3.63) is 0 Å². The van der Waals surface area contributed by atoms with Gasteiger partial charge in [0.05, 0.1) is 25.4 Å². The van der Waals surface area contributed by atoms with Gasteiger partial charge in [-0.3, -0.25) is 9.59 Å². The van der Waals surface area contributed by atoms with Crippen molar-refractivity contribution in [2.45, 2.75) is 145 Å². The summed E-state index contributed by atoms with van der Waals surface area (Å²) in [4.78, 5) is 22.5. The third kappa shape index (κ3) is 10.5. The molecule has 0 radical (unpaired) electrons. The maximum Gasteiger partial charge on any atom is 0.303 e. The summed E-state index contributed by atoms with van der Waals surface area (Å²) in [6.07, 6.45) is -9.97. The van der Waals surface area contributed by atoms with Gasteiger partial charge in [0, 0.05) is 26.4 Å². The standard InChI is InChI=1S/C28H49NO15/c1-14-22(35)24(37)25(38)28(41-14)42-17-11-16(32)18(12-30)43-26(17)44-19-13-40-27(21(23(19)36)29-15(2)31)39-10-8-6-4-3-5-7-9-20(33)34/h14,16-19,21-28,30,32,35-38H,3-13H2,1-2H3,(H,29,31)(H,33,34)/t14-,16+,17+,18+,19+,21+,22+,23-,24+,25-,26-,27+,28-/m0/s1. The van der Waals surface area contributed by atoms with Crippen molar-refractivity contribution in [1.82, 2.24) is 5.32 Å². The lowest BCUT2D eigenvalue weighted by atomic mass is 9.99. The van der Waals surface area contributed by atoms with E-state index in [2.05, 4.69) is 5.32 Å². The van der Waals surface area contributed by atoms with Crippen LogP contribution in [0.25, 0.3) is 0 Å². The molecule has 3 saturated heterocycles. The van der Waals surface area contributed by atoms with Crippen LogP contribution in [0.3, 0.4) is 0 Å². The molecule has 3 fully saturated rings. The highest BCUT2D eigenvalue weighted by Crippen LogP contribution is 2.31. The van der Waals surface area contributed by atoms with E-state index in [0.29, 0.717) is 19.4 Å². The van der Waals surface area contributed by atoms with Gasteiger partial charge in [-0.25, -0.2) is 0 Å².